The van der Waals surface area contributed by atoms with Gasteiger partial charge in [0.05, 0.1) is 0 Å². The average molecular weight is 234 g/mol. The Hall–Kier alpha value is -1.42. The van der Waals surface area contributed by atoms with Crippen LogP contribution in [0, 0.1) is 5.82 Å². The Kier molecular flexibility index (Phi) is 2.59. The third kappa shape index (κ3) is 2.05. The van der Waals surface area contributed by atoms with Gasteiger partial charge in [0.15, 0.2) is 11.5 Å². The summed E-state index contributed by atoms with van der Waals surface area (Å²) in [7, 11) is 0. The number of hydrogen-bond donors (Lipinski definition) is 1. The first kappa shape index (κ1) is 10.7. The van der Waals surface area contributed by atoms with E-state index in [1.165, 1.54) is 12.1 Å². The van der Waals surface area contributed by atoms with Crippen LogP contribution in [0.4, 0.5) is 4.39 Å². The highest BCUT2D eigenvalue weighted by molar-refractivity contribution is 5.72. The van der Waals surface area contributed by atoms with E-state index in [0.717, 1.165) is 30.8 Å². The minimum Gasteiger partial charge on any atom is -0.440 e. The Morgan fingerprint density at radius 3 is 3.06 bits per heavy atom. The third-order valence-corrected chi connectivity index (χ3v) is 3.38. The van der Waals surface area contributed by atoms with Gasteiger partial charge in [-0.05, 0) is 31.9 Å². The quantitative estimate of drug-likeness (QED) is 0.824. The van der Waals surface area contributed by atoms with E-state index in [9.17, 15) is 4.39 Å². The summed E-state index contributed by atoms with van der Waals surface area (Å²) in [5.41, 5.74) is 1.28. The maximum absolute atomic E-state index is 13.0. The molecule has 0 spiro atoms. The molecule has 1 aromatic heterocycles. The molecule has 17 heavy (non-hydrogen) atoms. The lowest BCUT2D eigenvalue weighted by Crippen LogP contribution is -2.35. The second kappa shape index (κ2) is 4.11. The minimum absolute atomic E-state index is 0.282. The molecule has 1 aliphatic rings. The molecule has 4 heteroatoms. The zero-order valence-electron chi connectivity index (χ0n) is 9.74. The lowest BCUT2D eigenvalue weighted by atomic mass is 9.95. The Morgan fingerprint density at radius 2 is 2.29 bits per heavy atom. The monoisotopic (exact) mass is 234 g/mol. The number of nitrogens with zero attached hydrogens (tertiary/aromatic N) is 1. The van der Waals surface area contributed by atoms with Crippen molar-refractivity contribution in [2.45, 2.75) is 31.7 Å². The molecule has 2 heterocycles. The lowest BCUT2D eigenvalue weighted by molar-refractivity contribution is 0.342. The van der Waals surface area contributed by atoms with Crippen LogP contribution in [0.1, 0.15) is 31.6 Å². The van der Waals surface area contributed by atoms with Crippen LogP contribution in [0.2, 0.25) is 0 Å². The van der Waals surface area contributed by atoms with Crippen LogP contribution in [0.25, 0.3) is 11.1 Å². The first-order valence-electron chi connectivity index (χ1n) is 6.02. The molecular formula is C13H15FN2O. The number of nitrogens with one attached hydrogen (secondary N) is 1. The summed E-state index contributed by atoms with van der Waals surface area (Å²) >= 11 is 0. The maximum atomic E-state index is 13.0. The van der Waals surface area contributed by atoms with Gasteiger partial charge < -0.3 is 9.73 Å². The van der Waals surface area contributed by atoms with Crippen molar-refractivity contribution in [3.05, 3.63) is 29.9 Å². The highest BCUT2D eigenvalue weighted by atomic mass is 19.1. The van der Waals surface area contributed by atoms with Gasteiger partial charge >= 0.3 is 0 Å². The zero-order valence-corrected chi connectivity index (χ0v) is 9.74. The van der Waals surface area contributed by atoms with Crippen LogP contribution < -0.4 is 5.32 Å². The van der Waals surface area contributed by atoms with Crippen LogP contribution >= 0.6 is 0 Å². The van der Waals surface area contributed by atoms with Crippen LogP contribution in [0.5, 0.6) is 0 Å². The van der Waals surface area contributed by atoms with E-state index >= 15 is 0 Å². The molecule has 0 radical (unpaired) electrons. The van der Waals surface area contributed by atoms with Crippen molar-refractivity contribution in [3.63, 3.8) is 0 Å². The van der Waals surface area contributed by atoms with E-state index in [2.05, 4.69) is 17.2 Å². The predicted molar refractivity (Wildman–Crippen MR) is 63.4 cm³/mol. The molecule has 0 aliphatic carbocycles. The summed E-state index contributed by atoms with van der Waals surface area (Å²) in [6.45, 7) is 3.06. The van der Waals surface area contributed by atoms with E-state index in [0.29, 0.717) is 17.5 Å². The number of hydrogen-bond acceptors (Lipinski definition) is 3. The van der Waals surface area contributed by atoms with E-state index in [-0.39, 0.29) is 5.82 Å². The van der Waals surface area contributed by atoms with Gasteiger partial charge in [0.25, 0.3) is 0 Å². The number of piperidine rings is 1. The van der Waals surface area contributed by atoms with Gasteiger partial charge in [-0.25, -0.2) is 9.37 Å². The molecule has 3 rings (SSSR count). The average Bonchev–Trinajstić information content (AvgIpc) is 2.72. The number of oxazole rings is 1. The summed E-state index contributed by atoms with van der Waals surface area (Å²) in [5, 5.41) is 3.41. The molecule has 2 aromatic rings. The van der Waals surface area contributed by atoms with Gasteiger partial charge in [0, 0.05) is 24.6 Å². The summed E-state index contributed by atoms with van der Waals surface area (Å²) in [6.07, 6.45) is 2.20. The molecule has 1 aliphatic heterocycles. The van der Waals surface area contributed by atoms with Crippen molar-refractivity contribution in [2.75, 3.05) is 6.54 Å². The smallest absolute Gasteiger partial charge is 0.199 e. The lowest BCUT2D eigenvalue weighted by Gasteiger charge is -2.25. The molecule has 0 amide bonds. The van der Waals surface area contributed by atoms with Gasteiger partial charge in [-0.2, -0.15) is 0 Å². The number of benzene rings is 1. The van der Waals surface area contributed by atoms with Crippen molar-refractivity contribution in [1.82, 2.24) is 10.3 Å². The number of halogens is 1. The van der Waals surface area contributed by atoms with E-state index in [1.807, 2.05) is 0 Å². The van der Waals surface area contributed by atoms with Gasteiger partial charge in [0.2, 0.25) is 0 Å². The Bertz CT molecular complexity index is 529. The van der Waals surface area contributed by atoms with Crippen molar-refractivity contribution in [1.29, 1.82) is 0 Å². The highest BCUT2D eigenvalue weighted by Crippen LogP contribution is 2.27. The van der Waals surface area contributed by atoms with Crippen molar-refractivity contribution < 1.29 is 8.81 Å². The van der Waals surface area contributed by atoms with Crippen molar-refractivity contribution in [2.24, 2.45) is 0 Å². The van der Waals surface area contributed by atoms with Crippen LogP contribution in [-0.4, -0.2) is 17.6 Å². The highest BCUT2D eigenvalue weighted by Gasteiger charge is 2.23. The van der Waals surface area contributed by atoms with Gasteiger partial charge in [0.1, 0.15) is 11.3 Å². The van der Waals surface area contributed by atoms with Crippen LogP contribution in [0.15, 0.2) is 22.6 Å². The fraction of sp³-hybridized carbons (Fsp3) is 0.462. The first-order valence-corrected chi connectivity index (χ1v) is 6.02. The standard InChI is InChI=1S/C13H15FN2O/c1-8-2-3-9(7-15-8)13-16-11-5-4-10(14)6-12(11)17-13/h4-6,8-9,15H,2-3,7H2,1H3/t8-,9-/m1/s1. The zero-order chi connectivity index (χ0) is 11.8. The van der Waals surface area contributed by atoms with E-state index < -0.39 is 0 Å². The fourth-order valence-corrected chi connectivity index (χ4v) is 2.30. The molecule has 0 saturated carbocycles. The van der Waals surface area contributed by atoms with Gasteiger partial charge in [-0.3, -0.25) is 0 Å². The molecule has 1 fully saturated rings. The van der Waals surface area contributed by atoms with Gasteiger partial charge in [-0.1, -0.05) is 0 Å². The van der Waals surface area contributed by atoms with Crippen LogP contribution in [-0.2, 0) is 0 Å². The molecule has 1 saturated heterocycles. The molecule has 1 aromatic carbocycles. The predicted octanol–water partition coefficient (Wildman–Crippen LogP) is 2.82. The molecule has 1 N–H and O–H groups in total. The molecule has 3 nitrogen and oxygen atoms in total. The summed E-state index contributed by atoms with van der Waals surface area (Å²) in [6, 6.07) is 5.03. The number of rotatable bonds is 1. The first-order chi connectivity index (χ1) is 8.22. The summed E-state index contributed by atoms with van der Waals surface area (Å²) in [5.74, 6) is 0.752. The van der Waals surface area contributed by atoms with Crippen molar-refractivity contribution >= 4 is 11.1 Å². The largest absolute Gasteiger partial charge is 0.440 e. The maximum Gasteiger partial charge on any atom is 0.199 e. The third-order valence-electron chi connectivity index (χ3n) is 3.38. The van der Waals surface area contributed by atoms with Gasteiger partial charge in [-0.15, -0.1) is 0 Å². The summed E-state index contributed by atoms with van der Waals surface area (Å²) in [4.78, 5) is 4.43. The Morgan fingerprint density at radius 1 is 1.41 bits per heavy atom. The number of aromatic nitrogens is 1. The minimum atomic E-state index is -0.282. The molecule has 2 atom stereocenters. The fourth-order valence-electron chi connectivity index (χ4n) is 2.30. The van der Waals surface area contributed by atoms with E-state index in [1.54, 1.807) is 6.07 Å². The van der Waals surface area contributed by atoms with Crippen LogP contribution in [0.3, 0.4) is 0 Å². The van der Waals surface area contributed by atoms with Crippen molar-refractivity contribution in [3.8, 4) is 0 Å². The Labute approximate surface area is 99.0 Å². The molecule has 90 valence electrons. The SMILES string of the molecule is C[C@@H]1CC[C@@H](c2nc3ccc(F)cc3o2)CN1. The number of fused-ring (bicyclic) bond motifs is 1. The normalized spacial score (nSPS) is 25.3. The summed E-state index contributed by atoms with van der Waals surface area (Å²) < 4.78 is 18.7. The second-order valence-corrected chi connectivity index (χ2v) is 4.75. The topological polar surface area (TPSA) is 38.1 Å². The molecular weight excluding hydrogens is 219 g/mol. The van der Waals surface area contributed by atoms with E-state index in [4.69, 9.17) is 4.42 Å². The molecule has 0 unspecified atom stereocenters. The second-order valence-electron chi connectivity index (χ2n) is 4.75. The Balaban J connectivity index is 1.90. The molecule has 0 bridgehead atoms.